The van der Waals surface area contributed by atoms with Crippen LogP contribution in [-0.4, -0.2) is 18.6 Å². The third kappa shape index (κ3) is 4.02. The minimum Gasteiger partial charge on any atom is -0.493 e. The molecule has 1 amide bonds. The molecule has 1 N–H and O–H groups in total. The molecule has 0 aromatic heterocycles. The molecule has 1 aromatic carbocycles. The quantitative estimate of drug-likeness (QED) is 0.873. The molecular formula is C14H18FNO2. The molecule has 98 valence electrons. The lowest BCUT2D eigenvalue weighted by atomic mass is 10.2. The van der Waals surface area contributed by atoms with Crippen molar-refractivity contribution in [2.24, 2.45) is 0 Å². The summed E-state index contributed by atoms with van der Waals surface area (Å²) in [6, 6.07) is 6.28. The average Bonchev–Trinajstić information content (AvgIpc) is 2.82. The lowest BCUT2D eigenvalue weighted by Gasteiger charge is -2.12. The standard InChI is InChI=1S/C14H18FNO2/c15-11-4-3-7-13(10-11)18-9-8-14(17)16-12-5-1-2-6-12/h3-4,7,10,12H,1-2,5-6,8-9H2,(H,16,17). The summed E-state index contributed by atoms with van der Waals surface area (Å²) in [5.74, 6) is 0.143. The maximum Gasteiger partial charge on any atom is 0.223 e. The van der Waals surface area contributed by atoms with Gasteiger partial charge in [0.1, 0.15) is 11.6 Å². The Morgan fingerprint density at radius 3 is 2.89 bits per heavy atom. The van der Waals surface area contributed by atoms with E-state index in [2.05, 4.69) is 5.32 Å². The number of benzene rings is 1. The molecule has 0 unspecified atom stereocenters. The van der Waals surface area contributed by atoms with Crippen LogP contribution in [0, 0.1) is 5.82 Å². The van der Waals surface area contributed by atoms with Crippen LogP contribution >= 0.6 is 0 Å². The fourth-order valence-corrected chi connectivity index (χ4v) is 2.19. The Kier molecular flexibility index (Phi) is 4.56. The van der Waals surface area contributed by atoms with E-state index in [4.69, 9.17) is 4.74 Å². The van der Waals surface area contributed by atoms with Gasteiger partial charge < -0.3 is 10.1 Å². The van der Waals surface area contributed by atoms with Gasteiger partial charge in [-0.15, -0.1) is 0 Å². The summed E-state index contributed by atoms with van der Waals surface area (Å²) in [5, 5.41) is 2.98. The fourth-order valence-electron chi connectivity index (χ4n) is 2.19. The van der Waals surface area contributed by atoms with E-state index in [0.29, 0.717) is 18.2 Å². The first-order valence-electron chi connectivity index (χ1n) is 6.42. The summed E-state index contributed by atoms with van der Waals surface area (Å²) in [4.78, 5) is 11.6. The van der Waals surface area contributed by atoms with Crippen LogP contribution in [0.3, 0.4) is 0 Å². The van der Waals surface area contributed by atoms with Crippen molar-refractivity contribution < 1.29 is 13.9 Å². The van der Waals surface area contributed by atoms with E-state index in [0.717, 1.165) is 12.8 Å². The average molecular weight is 251 g/mol. The number of nitrogens with one attached hydrogen (secondary N) is 1. The number of hydrogen-bond donors (Lipinski definition) is 1. The van der Waals surface area contributed by atoms with Gasteiger partial charge in [-0.05, 0) is 25.0 Å². The predicted molar refractivity (Wildman–Crippen MR) is 66.9 cm³/mol. The molecular weight excluding hydrogens is 233 g/mol. The Hall–Kier alpha value is -1.58. The van der Waals surface area contributed by atoms with Crippen LogP contribution in [0.4, 0.5) is 4.39 Å². The second-order valence-corrected chi connectivity index (χ2v) is 4.60. The van der Waals surface area contributed by atoms with E-state index in [1.54, 1.807) is 12.1 Å². The van der Waals surface area contributed by atoms with Gasteiger partial charge in [0.15, 0.2) is 0 Å². The number of carbonyl (C=O) groups excluding carboxylic acids is 1. The van der Waals surface area contributed by atoms with E-state index in [1.165, 1.54) is 25.0 Å². The monoisotopic (exact) mass is 251 g/mol. The van der Waals surface area contributed by atoms with E-state index < -0.39 is 0 Å². The summed E-state index contributed by atoms with van der Waals surface area (Å²) in [7, 11) is 0. The van der Waals surface area contributed by atoms with Crippen molar-refractivity contribution in [2.75, 3.05) is 6.61 Å². The first-order chi connectivity index (χ1) is 8.74. The summed E-state index contributed by atoms with van der Waals surface area (Å²) in [6.07, 6.45) is 4.87. The molecule has 0 saturated heterocycles. The molecule has 2 rings (SSSR count). The Labute approximate surface area is 106 Å². The van der Waals surface area contributed by atoms with Crippen molar-refractivity contribution in [2.45, 2.75) is 38.1 Å². The minimum atomic E-state index is -0.331. The molecule has 18 heavy (non-hydrogen) atoms. The van der Waals surface area contributed by atoms with Crippen LogP contribution in [0.2, 0.25) is 0 Å². The number of halogens is 1. The molecule has 0 heterocycles. The molecule has 0 bridgehead atoms. The molecule has 0 spiro atoms. The van der Waals surface area contributed by atoms with Gasteiger partial charge in [-0.3, -0.25) is 4.79 Å². The fraction of sp³-hybridized carbons (Fsp3) is 0.500. The van der Waals surface area contributed by atoms with Crippen LogP contribution < -0.4 is 10.1 Å². The van der Waals surface area contributed by atoms with Gasteiger partial charge >= 0.3 is 0 Å². The van der Waals surface area contributed by atoms with Gasteiger partial charge in [0.2, 0.25) is 5.91 Å². The highest BCUT2D eigenvalue weighted by atomic mass is 19.1. The lowest BCUT2D eigenvalue weighted by molar-refractivity contribution is -0.122. The Balaban J connectivity index is 1.66. The molecule has 0 atom stereocenters. The summed E-state index contributed by atoms with van der Waals surface area (Å²) in [6.45, 7) is 0.280. The highest BCUT2D eigenvalue weighted by molar-refractivity contribution is 5.76. The highest BCUT2D eigenvalue weighted by Gasteiger charge is 2.16. The van der Waals surface area contributed by atoms with Crippen LogP contribution in [0.15, 0.2) is 24.3 Å². The van der Waals surface area contributed by atoms with E-state index >= 15 is 0 Å². The zero-order chi connectivity index (χ0) is 12.8. The molecule has 1 fully saturated rings. The summed E-state index contributed by atoms with van der Waals surface area (Å²) < 4.78 is 18.2. The van der Waals surface area contributed by atoms with E-state index in [1.807, 2.05) is 0 Å². The Morgan fingerprint density at radius 1 is 1.39 bits per heavy atom. The zero-order valence-electron chi connectivity index (χ0n) is 10.3. The van der Waals surface area contributed by atoms with Crippen LogP contribution in [-0.2, 0) is 4.79 Å². The molecule has 1 aromatic rings. The predicted octanol–water partition coefficient (Wildman–Crippen LogP) is 2.65. The van der Waals surface area contributed by atoms with Gasteiger partial charge in [-0.2, -0.15) is 0 Å². The maximum atomic E-state index is 12.9. The SMILES string of the molecule is O=C(CCOc1cccc(F)c1)NC1CCCC1. The normalized spacial score (nSPS) is 15.6. The van der Waals surface area contributed by atoms with Crippen LogP contribution in [0.5, 0.6) is 5.75 Å². The number of ether oxygens (including phenoxy) is 1. The smallest absolute Gasteiger partial charge is 0.223 e. The summed E-state index contributed by atoms with van der Waals surface area (Å²) in [5.41, 5.74) is 0. The van der Waals surface area contributed by atoms with Crippen molar-refractivity contribution in [3.05, 3.63) is 30.1 Å². The summed E-state index contributed by atoms with van der Waals surface area (Å²) >= 11 is 0. The van der Waals surface area contributed by atoms with E-state index in [9.17, 15) is 9.18 Å². The maximum absolute atomic E-state index is 12.9. The molecule has 0 radical (unpaired) electrons. The third-order valence-electron chi connectivity index (χ3n) is 3.11. The van der Waals surface area contributed by atoms with Gasteiger partial charge in [0.05, 0.1) is 13.0 Å². The van der Waals surface area contributed by atoms with Gasteiger partial charge in [0, 0.05) is 12.1 Å². The van der Waals surface area contributed by atoms with Crippen molar-refractivity contribution in [3.8, 4) is 5.75 Å². The lowest BCUT2D eigenvalue weighted by Crippen LogP contribution is -2.33. The van der Waals surface area contributed by atoms with Crippen molar-refractivity contribution >= 4 is 5.91 Å². The van der Waals surface area contributed by atoms with Gasteiger partial charge in [-0.1, -0.05) is 18.9 Å². The molecule has 0 aliphatic heterocycles. The Bertz CT molecular complexity index is 403. The second-order valence-electron chi connectivity index (χ2n) is 4.60. The largest absolute Gasteiger partial charge is 0.493 e. The molecule has 4 heteroatoms. The molecule has 1 aliphatic carbocycles. The highest BCUT2D eigenvalue weighted by Crippen LogP contribution is 2.17. The van der Waals surface area contributed by atoms with Crippen LogP contribution in [0.1, 0.15) is 32.1 Å². The number of carbonyl (C=O) groups is 1. The first-order valence-corrected chi connectivity index (χ1v) is 6.42. The van der Waals surface area contributed by atoms with Gasteiger partial charge in [-0.25, -0.2) is 4.39 Å². The number of hydrogen-bond acceptors (Lipinski definition) is 2. The van der Waals surface area contributed by atoms with Crippen molar-refractivity contribution in [3.63, 3.8) is 0 Å². The van der Waals surface area contributed by atoms with Gasteiger partial charge in [0.25, 0.3) is 0 Å². The zero-order valence-corrected chi connectivity index (χ0v) is 10.3. The molecule has 1 aliphatic rings. The number of rotatable bonds is 5. The minimum absolute atomic E-state index is 0.0123. The van der Waals surface area contributed by atoms with Crippen LogP contribution in [0.25, 0.3) is 0 Å². The number of amides is 1. The third-order valence-corrected chi connectivity index (χ3v) is 3.11. The second kappa shape index (κ2) is 6.38. The molecule has 3 nitrogen and oxygen atoms in total. The Morgan fingerprint density at radius 2 is 2.17 bits per heavy atom. The first kappa shape index (κ1) is 12.9. The molecule has 1 saturated carbocycles. The van der Waals surface area contributed by atoms with Crippen molar-refractivity contribution in [1.82, 2.24) is 5.32 Å². The van der Waals surface area contributed by atoms with Crippen molar-refractivity contribution in [1.29, 1.82) is 0 Å². The topological polar surface area (TPSA) is 38.3 Å². The van der Waals surface area contributed by atoms with E-state index in [-0.39, 0.29) is 18.3 Å².